The van der Waals surface area contributed by atoms with Crippen LogP contribution in [-0.4, -0.2) is 31.0 Å². The molecule has 10 heteroatoms. The maximum Gasteiger partial charge on any atom is 0.433 e. The number of nitrogens with zero attached hydrogens (tertiary/aromatic N) is 4. The molecule has 0 bridgehead atoms. The van der Waals surface area contributed by atoms with Crippen LogP contribution in [0.5, 0.6) is 0 Å². The second-order valence-corrected chi connectivity index (χ2v) is 7.02. The Morgan fingerprint density at radius 3 is 2.65 bits per heavy atom. The summed E-state index contributed by atoms with van der Waals surface area (Å²) >= 11 is 0. The fraction of sp³-hybridized carbons (Fsp3) is 0.286. The van der Waals surface area contributed by atoms with Crippen LogP contribution in [0.15, 0.2) is 42.9 Å². The Hall–Kier alpha value is -3.56. The summed E-state index contributed by atoms with van der Waals surface area (Å²) in [5.41, 5.74) is 2.01. The lowest BCUT2D eigenvalue weighted by atomic mass is 10.0. The minimum absolute atomic E-state index is 0.182. The van der Waals surface area contributed by atoms with Crippen molar-refractivity contribution < 1.29 is 23.1 Å². The molecule has 0 saturated heterocycles. The van der Waals surface area contributed by atoms with Gasteiger partial charge in [-0.1, -0.05) is 6.92 Å². The predicted octanol–water partition coefficient (Wildman–Crippen LogP) is 4.66. The molecular formula is C21H20F3N5O2. The molecule has 2 heterocycles. The van der Waals surface area contributed by atoms with Crippen LogP contribution in [0.4, 0.5) is 24.8 Å². The summed E-state index contributed by atoms with van der Waals surface area (Å²) in [5, 5.41) is 12.1. The van der Waals surface area contributed by atoms with Crippen molar-refractivity contribution in [2.45, 2.75) is 32.9 Å². The molecule has 0 spiro atoms. The molecular weight excluding hydrogens is 411 g/mol. The first kappa shape index (κ1) is 22.1. The van der Waals surface area contributed by atoms with Gasteiger partial charge in [-0.15, -0.1) is 0 Å². The molecule has 3 aromatic rings. The molecule has 2 N–H and O–H groups in total. The quantitative estimate of drug-likeness (QED) is 0.561. The highest BCUT2D eigenvalue weighted by atomic mass is 19.4. The van der Waals surface area contributed by atoms with Gasteiger partial charge in [0.15, 0.2) is 0 Å². The second kappa shape index (κ2) is 9.07. The molecule has 1 atom stereocenters. The highest BCUT2D eigenvalue weighted by molar-refractivity contribution is 5.70. The number of rotatable bonds is 7. The number of carboxylic acids is 1. The fourth-order valence-corrected chi connectivity index (χ4v) is 3.01. The number of nitrogens with one attached hydrogen (secondary N) is 1. The van der Waals surface area contributed by atoms with Crippen LogP contribution in [0.2, 0.25) is 0 Å². The lowest BCUT2D eigenvalue weighted by Crippen LogP contribution is -2.16. The predicted molar refractivity (Wildman–Crippen MR) is 108 cm³/mol. The molecule has 1 unspecified atom stereocenters. The second-order valence-electron chi connectivity index (χ2n) is 7.02. The van der Waals surface area contributed by atoms with Gasteiger partial charge in [-0.3, -0.25) is 9.78 Å². The summed E-state index contributed by atoms with van der Waals surface area (Å²) in [6.07, 6.45) is 0.263. The Labute approximate surface area is 176 Å². The van der Waals surface area contributed by atoms with Crippen LogP contribution in [-0.2, 0) is 17.4 Å². The van der Waals surface area contributed by atoms with Gasteiger partial charge in [-0.2, -0.15) is 13.2 Å². The van der Waals surface area contributed by atoms with Gasteiger partial charge >= 0.3 is 12.1 Å². The van der Waals surface area contributed by atoms with Gasteiger partial charge in [0.2, 0.25) is 5.95 Å². The molecule has 0 radical (unpaired) electrons. The molecule has 31 heavy (non-hydrogen) atoms. The summed E-state index contributed by atoms with van der Waals surface area (Å²) in [6, 6.07) is 6.08. The van der Waals surface area contributed by atoms with Gasteiger partial charge in [-0.05, 0) is 43.2 Å². The van der Waals surface area contributed by atoms with E-state index in [1.165, 1.54) is 6.20 Å². The highest BCUT2D eigenvalue weighted by Gasteiger charge is 2.32. The number of hydrogen-bond donors (Lipinski definition) is 2. The van der Waals surface area contributed by atoms with Gasteiger partial charge in [0, 0.05) is 30.1 Å². The largest absolute Gasteiger partial charge is 0.481 e. The van der Waals surface area contributed by atoms with Gasteiger partial charge < -0.3 is 10.4 Å². The number of anilines is 2. The number of hydrogen-bond acceptors (Lipinski definition) is 6. The summed E-state index contributed by atoms with van der Waals surface area (Å²) in [6.45, 7) is 3.63. The smallest absolute Gasteiger partial charge is 0.433 e. The normalized spacial score (nSPS) is 12.4. The van der Waals surface area contributed by atoms with Crippen molar-refractivity contribution in [3.63, 3.8) is 0 Å². The maximum absolute atomic E-state index is 12.9. The summed E-state index contributed by atoms with van der Waals surface area (Å²) in [7, 11) is 0. The van der Waals surface area contributed by atoms with Crippen molar-refractivity contribution in [2.75, 3.05) is 5.32 Å². The van der Waals surface area contributed by atoms with Crippen molar-refractivity contribution in [2.24, 2.45) is 5.92 Å². The van der Waals surface area contributed by atoms with E-state index < -0.39 is 23.8 Å². The van der Waals surface area contributed by atoms with Gasteiger partial charge in [0.25, 0.3) is 0 Å². The first-order valence-corrected chi connectivity index (χ1v) is 9.48. The molecule has 0 saturated carbocycles. The van der Waals surface area contributed by atoms with E-state index >= 15 is 0 Å². The van der Waals surface area contributed by atoms with E-state index in [4.69, 9.17) is 0 Å². The highest BCUT2D eigenvalue weighted by Crippen LogP contribution is 2.29. The molecule has 7 nitrogen and oxygen atoms in total. The Morgan fingerprint density at radius 2 is 1.97 bits per heavy atom. The Bertz CT molecular complexity index is 1090. The number of aromatic nitrogens is 4. The molecule has 0 aliphatic carbocycles. The topological polar surface area (TPSA) is 101 Å². The lowest BCUT2D eigenvalue weighted by Gasteiger charge is -2.12. The van der Waals surface area contributed by atoms with E-state index in [2.05, 4.69) is 25.3 Å². The van der Waals surface area contributed by atoms with E-state index in [1.807, 2.05) is 13.0 Å². The van der Waals surface area contributed by atoms with Crippen molar-refractivity contribution in [1.82, 2.24) is 19.9 Å². The van der Waals surface area contributed by atoms with Crippen molar-refractivity contribution >= 4 is 17.6 Å². The van der Waals surface area contributed by atoms with Gasteiger partial charge in [0.1, 0.15) is 5.69 Å². The third-order valence-corrected chi connectivity index (χ3v) is 4.56. The zero-order valence-electron chi connectivity index (χ0n) is 16.8. The average Bonchev–Trinajstić information content (AvgIpc) is 2.71. The molecule has 3 rings (SSSR count). The summed E-state index contributed by atoms with van der Waals surface area (Å²) in [4.78, 5) is 27.3. The third-order valence-electron chi connectivity index (χ3n) is 4.56. The summed E-state index contributed by atoms with van der Waals surface area (Å²) in [5.74, 6) is -1.63. The minimum atomic E-state index is -4.57. The van der Waals surface area contributed by atoms with Gasteiger partial charge in [-0.25, -0.2) is 15.0 Å². The SMILES string of the molecule is CCC(Cc1cncc(-c2cc(C)cc(Nc3nccc(C(F)(F)F)n3)c2)n1)C(=O)O. The molecule has 0 fully saturated rings. The van der Waals surface area contributed by atoms with Crippen molar-refractivity contribution in [3.05, 3.63) is 59.8 Å². The van der Waals surface area contributed by atoms with Crippen LogP contribution in [0.1, 0.15) is 30.3 Å². The average molecular weight is 431 g/mol. The van der Waals surface area contributed by atoms with Crippen molar-refractivity contribution in [3.8, 4) is 11.3 Å². The standard InChI is InChI=1S/C21H20F3N5O2/c1-3-13(19(30)31)8-16-10-25-11-17(27-16)14-6-12(2)7-15(9-14)28-20-26-5-4-18(29-20)21(22,23)24/h4-7,9-11,13H,3,8H2,1-2H3,(H,30,31)(H,26,28,29). The van der Waals surface area contributed by atoms with Crippen LogP contribution < -0.4 is 5.32 Å². The molecule has 0 aliphatic rings. The molecule has 2 aromatic heterocycles. The van der Waals surface area contributed by atoms with Crippen LogP contribution >= 0.6 is 0 Å². The Balaban J connectivity index is 1.88. The van der Waals surface area contributed by atoms with Crippen LogP contribution in [0, 0.1) is 12.8 Å². The number of alkyl halides is 3. The number of benzene rings is 1. The van der Waals surface area contributed by atoms with E-state index in [0.29, 0.717) is 29.1 Å². The zero-order valence-corrected chi connectivity index (χ0v) is 16.8. The number of carboxylic acid groups (broad SMARTS) is 1. The molecule has 0 aliphatic heterocycles. The number of aliphatic carboxylic acids is 1. The maximum atomic E-state index is 12.9. The monoisotopic (exact) mass is 431 g/mol. The van der Waals surface area contributed by atoms with Crippen molar-refractivity contribution in [1.29, 1.82) is 0 Å². The van der Waals surface area contributed by atoms with E-state index in [9.17, 15) is 23.1 Å². The van der Waals surface area contributed by atoms with Crippen LogP contribution in [0.3, 0.4) is 0 Å². The first-order chi connectivity index (χ1) is 14.7. The Morgan fingerprint density at radius 1 is 1.19 bits per heavy atom. The molecule has 0 amide bonds. The summed E-state index contributed by atoms with van der Waals surface area (Å²) < 4.78 is 38.7. The molecule has 1 aromatic carbocycles. The van der Waals surface area contributed by atoms with E-state index in [-0.39, 0.29) is 12.4 Å². The number of carbonyl (C=O) groups is 1. The Kier molecular flexibility index (Phi) is 6.47. The minimum Gasteiger partial charge on any atom is -0.481 e. The van der Waals surface area contributed by atoms with Crippen LogP contribution in [0.25, 0.3) is 11.3 Å². The number of halogens is 3. The third kappa shape index (κ3) is 5.74. The first-order valence-electron chi connectivity index (χ1n) is 9.48. The number of aryl methyl sites for hydroxylation is 1. The van der Waals surface area contributed by atoms with Gasteiger partial charge in [0.05, 0.1) is 23.5 Å². The molecule has 162 valence electrons. The lowest BCUT2D eigenvalue weighted by molar-refractivity contribution is -0.142. The zero-order chi connectivity index (χ0) is 22.6. The van der Waals surface area contributed by atoms with E-state index in [1.54, 1.807) is 25.3 Å². The van der Waals surface area contributed by atoms with E-state index in [0.717, 1.165) is 17.8 Å². The fourth-order valence-electron chi connectivity index (χ4n) is 3.01.